The zero-order valence-corrected chi connectivity index (χ0v) is 13.3. The fourth-order valence-electron chi connectivity index (χ4n) is 1.74. The fraction of sp³-hybridized carbons (Fsp3) is 0.462. The van der Waals surface area contributed by atoms with E-state index < -0.39 is 13.0 Å². The zero-order valence-electron chi connectivity index (χ0n) is 10.9. The van der Waals surface area contributed by atoms with Crippen LogP contribution in [-0.2, 0) is 6.54 Å². The van der Waals surface area contributed by atoms with Gasteiger partial charge in [0.05, 0.1) is 0 Å². The lowest BCUT2D eigenvalue weighted by Gasteiger charge is -2.16. The fourth-order valence-corrected chi connectivity index (χ4v) is 1.74. The molecule has 0 aliphatic carbocycles. The van der Waals surface area contributed by atoms with Crippen LogP contribution in [0, 0.1) is 0 Å². The van der Waals surface area contributed by atoms with Gasteiger partial charge in [-0.3, -0.25) is 4.99 Å². The molecule has 0 atom stereocenters. The number of rotatable bonds is 5. The van der Waals surface area contributed by atoms with E-state index in [2.05, 4.69) is 15.6 Å². The maximum atomic E-state index is 12.1. The van der Waals surface area contributed by atoms with Gasteiger partial charge in [0.25, 0.3) is 6.43 Å². The number of benzene rings is 1. The molecule has 20 heavy (non-hydrogen) atoms. The van der Waals surface area contributed by atoms with Gasteiger partial charge in [-0.15, -0.1) is 24.0 Å². The van der Waals surface area contributed by atoms with Crippen molar-refractivity contribution >= 4 is 29.9 Å². The highest BCUT2D eigenvalue weighted by atomic mass is 127. The van der Waals surface area contributed by atoms with E-state index >= 15 is 0 Å². The van der Waals surface area contributed by atoms with Crippen LogP contribution in [0.5, 0.6) is 5.75 Å². The third-order valence-electron chi connectivity index (χ3n) is 2.63. The molecule has 0 amide bonds. The molecule has 0 bridgehead atoms. The Bertz CT molecular complexity index is 443. The molecule has 1 aliphatic rings. The van der Waals surface area contributed by atoms with Gasteiger partial charge >= 0.3 is 0 Å². The van der Waals surface area contributed by atoms with E-state index in [0.29, 0.717) is 12.3 Å². The lowest BCUT2D eigenvalue weighted by Crippen LogP contribution is -2.40. The molecule has 0 radical (unpaired) electrons. The molecule has 2 N–H and O–H groups in total. The van der Waals surface area contributed by atoms with Gasteiger partial charge in [0.2, 0.25) is 0 Å². The van der Waals surface area contributed by atoms with Gasteiger partial charge in [-0.05, 0) is 24.1 Å². The number of aliphatic imine (C=N–C) groups is 1. The molecule has 1 aliphatic heterocycles. The zero-order chi connectivity index (χ0) is 13.5. The standard InChI is InChI=1S/C13H17F2N3O.HI/c14-12(15)9-19-11-4-1-3-10(7-11)8-18-13-16-5-2-6-17-13;/h1,3-4,7,12H,2,5-6,8-9H2,(H2,16,17,18);1H. The van der Waals surface area contributed by atoms with Crippen molar-refractivity contribution in [2.75, 3.05) is 19.7 Å². The lowest BCUT2D eigenvalue weighted by molar-refractivity contribution is 0.0818. The van der Waals surface area contributed by atoms with Crippen LogP contribution in [0.2, 0.25) is 0 Å². The first kappa shape index (κ1) is 16.9. The van der Waals surface area contributed by atoms with E-state index in [1.54, 1.807) is 18.2 Å². The van der Waals surface area contributed by atoms with E-state index in [0.717, 1.165) is 31.0 Å². The molecule has 0 fully saturated rings. The van der Waals surface area contributed by atoms with Crippen LogP contribution < -0.4 is 15.4 Å². The molecule has 0 saturated carbocycles. The second-order valence-electron chi connectivity index (χ2n) is 4.21. The number of halogens is 3. The Hall–Kier alpha value is -1.12. The first-order valence-electron chi connectivity index (χ1n) is 6.26. The molecule has 1 aromatic rings. The highest BCUT2D eigenvalue weighted by Gasteiger charge is 2.05. The van der Waals surface area contributed by atoms with Crippen LogP contribution in [-0.4, -0.2) is 32.1 Å². The van der Waals surface area contributed by atoms with Gasteiger partial charge in [-0.1, -0.05) is 12.1 Å². The van der Waals surface area contributed by atoms with E-state index in [9.17, 15) is 8.78 Å². The number of ether oxygens (including phenoxy) is 1. The van der Waals surface area contributed by atoms with Gasteiger partial charge in [0.1, 0.15) is 12.4 Å². The van der Waals surface area contributed by atoms with Crippen molar-refractivity contribution in [3.63, 3.8) is 0 Å². The molecule has 2 rings (SSSR count). The minimum absolute atomic E-state index is 0. The molecule has 4 nitrogen and oxygen atoms in total. The normalized spacial score (nSPS) is 14.1. The number of nitrogens with one attached hydrogen (secondary N) is 2. The third kappa shape index (κ3) is 5.89. The molecule has 0 saturated heterocycles. The van der Waals surface area contributed by atoms with E-state index in [4.69, 9.17) is 4.74 Å². The SMILES string of the molecule is FC(F)COc1cccc(CNC2=NCCCN2)c1.I. The van der Waals surface area contributed by atoms with E-state index in [1.165, 1.54) is 0 Å². The molecule has 0 unspecified atom stereocenters. The second kappa shape index (κ2) is 8.93. The van der Waals surface area contributed by atoms with Crippen molar-refractivity contribution in [2.45, 2.75) is 19.4 Å². The second-order valence-corrected chi connectivity index (χ2v) is 4.21. The Morgan fingerprint density at radius 2 is 2.25 bits per heavy atom. The Morgan fingerprint density at radius 3 is 2.95 bits per heavy atom. The molecular weight excluding hydrogens is 379 g/mol. The van der Waals surface area contributed by atoms with Gasteiger partial charge in [0, 0.05) is 19.6 Å². The number of nitrogens with zero attached hydrogens (tertiary/aromatic N) is 1. The first-order chi connectivity index (χ1) is 9.24. The van der Waals surface area contributed by atoms with Crippen LogP contribution in [0.1, 0.15) is 12.0 Å². The number of hydrogen-bond donors (Lipinski definition) is 2. The Kier molecular flexibility index (Phi) is 7.56. The van der Waals surface area contributed by atoms with E-state index in [-0.39, 0.29) is 24.0 Å². The summed E-state index contributed by atoms with van der Waals surface area (Å²) in [5.74, 6) is 1.24. The maximum absolute atomic E-state index is 12.1. The lowest BCUT2D eigenvalue weighted by atomic mass is 10.2. The Labute approximate surface area is 134 Å². The van der Waals surface area contributed by atoms with Crippen molar-refractivity contribution < 1.29 is 13.5 Å². The molecule has 0 aromatic heterocycles. The minimum Gasteiger partial charge on any atom is -0.488 e. The summed E-state index contributed by atoms with van der Waals surface area (Å²) < 4.78 is 29.1. The van der Waals surface area contributed by atoms with Gasteiger partial charge < -0.3 is 15.4 Å². The molecule has 112 valence electrons. The molecule has 0 spiro atoms. The number of alkyl halides is 2. The van der Waals surface area contributed by atoms with E-state index in [1.807, 2.05) is 6.07 Å². The van der Waals surface area contributed by atoms with Crippen LogP contribution in [0.15, 0.2) is 29.3 Å². The summed E-state index contributed by atoms with van der Waals surface area (Å²) >= 11 is 0. The van der Waals surface area contributed by atoms with Crippen LogP contribution in [0.25, 0.3) is 0 Å². The van der Waals surface area contributed by atoms with Crippen LogP contribution in [0.4, 0.5) is 8.78 Å². The summed E-state index contributed by atoms with van der Waals surface area (Å²) in [6.07, 6.45) is -1.41. The summed E-state index contributed by atoms with van der Waals surface area (Å²) in [6.45, 7) is 1.75. The number of guanidine groups is 1. The van der Waals surface area contributed by atoms with Crippen molar-refractivity contribution in [2.24, 2.45) is 4.99 Å². The predicted molar refractivity (Wildman–Crippen MR) is 85.1 cm³/mol. The largest absolute Gasteiger partial charge is 0.488 e. The van der Waals surface area contributed by atoms with Crippen LogP contribution >= 0.6 is 24.0 Å². The Balaban J connectivity index is 0.00000200. The van der Waals surface area contributed by atoms with Gasteiger partial charge in [0.15, 0.2) is 5.96 Å². The average Bonchev–Trinajstić information content (AvgIpc) is 2.44. The smallest absolute Gasteiger partial charge is 0.272 e. The number of hydrogen-bond acceptors (Lipinski definition) is 4. The summed E-state index contributed by atoms with van der Waals surface area (Å²) in [5.41, 5.74) is 0.960. The topological polar surface area (TPSA) is 45.6 Å². The maximum Gasteiger partial charge on any atom is 0.272 e. The summed E-state index contributed by atoms with van der Waals surface area (Å²) in [4.78, 5) is 4.29. The summed E-state index contributed by atoms with van der Waals surface area (Å²) in [6, 6.07) is 7.11. The van der Waals surface area contributed by atoms with Gasteiger partial charge in [-0.2, -0.15) is 0 Å². The quantitative estimate of drug-likeness (QED) is 0.751. The highest BCUT2D eigenvalue weighted by Crippen LogP contribution is 2.14. The van der Waals surface area contributed by atoms with Crippen LogP contribution in [0.3, 0.4) is 0 Å². The molecule has 7 heteroatoms. The average molecular weight is 397 g/mol. The predicted octanol–water partition coefficient (Wildman–Crippen LogP) is 2.39. The molecular formula is C13H18F2IN3O. The minimum atomic E-state index is -2.46. The highest BCUT2D eigenvalue weighted by molar-refractivity contribution is 14.0. The van der Waals surface area contributed by atoms with Crippen molar-refractivity contribution in [3.05, 3.63) is 29.8 Å². The van der Waals surface area contributed by atoms with Crippen molar-refractivity contribution in [3.8, 4) is 5.75 Å². The van der Waals surface area contributed by atoms with Gasteiger partial charge in [-0.25, -0.2) is 8.78 Å². The molecule has 1 heterocycles. The first-order valence-corrected chi connectivity index (χ1v) is 6.26. The van der Waals surface area contributed by atoms with Crippen molar-refractivity contribution in [1.29, 1.82) is 0 Å². The third-order valence-corrected chi connectivity index (χ3v) is 2.63. The summed E-state index contributed by atoms with van der Waals surface area (Å²) in [7, 11) is 0. The summed E-state index contributed by atoms with van der Waals surface area (Å²) in [5, 5.41) is 6.32. The van der Waals surface area contributed by atoms with Crippen molar-refractivity contribution in [1.82, 2.24) is 10.6 Å². The monoisotopic (exact) mass is 397 g/mol. The Morgan fingerprint density at radius 1 is 1.40 bits per heavy atom. The molecule has 1 aromatic carbocycles.